The Hall–Kier alpha value is -4.25. The summed E-state index contributed by atoms with van der Waals surface area (Å²) in [5.74, 6) is 1.42. The number of hydrogen-bond acceptors (Lipinski definition) is 4. The average Bonchev–Trinajstić information content (AvgIpc) is 3.34. The van der Waals surface area contributed by atoms with E-state index in [4.69, 9.17) is 4.98 Å². The lowest BCUT2D eigenvalue weighted by Crippen LogP contribution is -2.01. The van der Waals surface area contributed by atoms with Crippen molar-refractivity contribution in [3.8, 4) is 33.9 Å². The van der Waals surface area contributed by atoms with Gasteiger partial charge in [0.15, 0.2) is 11.6 Å². The monoisotopic (exact) mass is 403 g/mol. The first kappa shape index (κ1) is 18.8. The lowest BCUT2D eigenvalue weighted by molar-refractivity contribution is 1.09. The highest BCUT2D eigenvalue weighted by Crippen LogP contribution is 2.28. The third kappa shape index (κ3) is 4.21. The quantitative estimate of drug-likeness (QED) is 0.375. The van der Waals surface area contributed by atoms with Crippen LogP contribution in [0.4, 0.5) is 5.69 Å². The molecule has 5 heteroatoms. The van der Waals surface area contributed by atoms with Gasteiger partial charge in [0.05, 0.1) is 0 Å². The molecule has 5 rings (SSSR count). The van der Waals surface area contributed by atoms with E-state index in [0.29, 0.717) is 12.4 Å². The minimum atomic E-state index is 0.679. The van der Waals surface area contributed by atoms with E-state index in [1.807, 2.05) is 54.6 Å². The van der Waals surface area contributed by atoms with Gasteiger partial charge in [-0.25, -0.2) is 4.98 Å². The van der Waals surface area contributed by atoms with Gasteiger partial charge < -0.3 is 5.32 Å². The fraction of sp³-hybridized carbons (Fsp3) is 0.0385. The normalized spacial score (nSPS) is 10.7. The molecule has 0 radical (unpaired) electrons. The molecule has 0 atom stereocenters. The first-order valence-corrected chi connectivity index (χ1v) is 10.2. The first-order valence-electron chi connectivity index (χ1n) is 10.2. The molecule has 0 aliphatic rings. The third-order valence-corrected chi connectivity index (χ3v) is 5.15. The fourth-order valence-electron chi connectivity index (χ4n) is 3.50. The molecular weight excluding hydrogens is 382 g/mol. The zero-order chi connectivity index (χ0) is 20.9. The molecule has 0 unspecified atom stereocenters. The van der Waals surface area contributed by atoms with E-state index in [1.54, 1.807) is 12.4 Å². The van der Waals surface area contributed by atoms with E-state index in [2.05, 4.69) is 56.9 Å². The predicted octanol–water partition coefficient (Wildman–Crippen LogP) is 5.81. The molecule has 0 aliphatic heterocycles. The van der Waals surface area contributed by atoms with Gasteiger partial charge in [0.1, 0.15) is 0 Å². The maximum Gasteiger partial charge on any atom is 0.181 e. The summed E-state index contributed by atoms with van der Waals surface area (Å²) in [5, 5.41) is 11.0. The van der Waals surface area contributed by atoms with E-state index >= 15 is 0 Å². The Balaban J connectivity index is 1.37. The average molecular weight is 403 g/mol. The molecular formula is C26H21N5. The number of aromatic nitrogens is 4. The van der Waals surface area contributed by atoms with Crippen molar-refractivity contribution in [1.82, 2.24) is 20.2 Å². The van der Waals surface area contributed by atoms with Crippen molar-refractivity contribution < 1.29 is 0 Å². The van der Waals surface area contributed by atoms with E-state index in [1.165, 1.54) is 16.7 Å². The molecule has 31 heavy (non-hydrogen) atoms. The van der Waals surface area contributed by atoms with Gasteiger partial charge in [-0.3, -0.25) is 10.1 Å². The van der Waals surface area contributed by atoms with Gasteiger partial charge in [0.25, 0.3) is 0 Å². The summed E-state index contributed by atoms with van der Waals surface area (Å²) in [6, 6.07) is 30.8. The predicted molar refractivity (Wildman–Crippen MR) is 124 cm³/mol. The van der Waals surface area contributed by atoms with Crippen LogP contribution in [0, 0.1) is 0 Å². The molecule has 150 valence electrons. The van der Waals surface area contributed by atoms with E-state index < -0.39 is 0 Å². The molecule has 0 bridgehead atoms. The standard InChI is InChI=1S/C26H21N5/c1-2-6-20(7-3-1)21-10-12-22(13-11-21)25-29-26(31-30-25)23-8-4-5-9-24(23)28-18-19-14-16-27-17-15-19/h1-17,28H,18H2,(H,29,30,31). The van der Waals surface area contributed by atoms with Crippen molar-refractivity contribution in [2.45, 2.75) is 6.54 Å². The van der Waals surface area contributed by atoms with Crippen LogP contribution in [-0.4, -0.2) is 20.2 Å². The Morgan fingerprint density at radius 3 is 2.16 bits per heavy atom. The Morgan fingerprint density at radius 1 is 0.677 bits per heavy atom. The molecule has 0 amide bonds. The van der Waals surface area contributed by atoms with E-state index in [9.17, 15) is 0 Å². The Labute approximate surface area is 180 Å². The summed E-state index contributed by atoms with van der Waals surface area (Å²) >= 11 is 0. The molecule has 5 nitrogen and oxygen atoms in total. The molecule has 0 saturated heterocycles. The topological polar surface area (TPSA) is 66.5 Å². The number of nitrogens with one attached hydrogen (secondary N) is 2. The highest BCUT2D eigenvalue weighted by atomic mass is 15.2. The maximum atomic E-state index is 4.75. The molecule has 3 aromatic carbocycles. The van der Waals surface area contributed by atoms with Crippen LogP contribution in [0.5, 0.6) is 0 Å². The summed E-state index contributed by atoms with van der Waals surface area (Å²) in [7, 11) is 0. The summed E-state index contributed by atoms with van der Waals surface area (Å²) in [6.45, 7) is 0.710. The second-order valence-corrected chi connectivity index (χ2v) is 7.21. The van der Waals surface area contributed by atoms with Gasteiger partial charge in [-0.2, -0.15) is 5.10 Å². The Kier molecular flexibility index (Phi) is 5.22. The number of benzene rings is 3. The minimum absolute atomic E-state index is 0.679. The van der Waals surface area contributed by atoms with Gasteiger partial charge in [-0.05, 0) is 41.0 Å². The van der Waals surface area contributed by atoms with Crippen LogP contribution >= 0.6 is 0 Å². The zero-order valence-electron chi connectivity index (χ0n) is 16.9. The fourth-order valence-corrected chi connectivity index (χ4v) is 3.50. The summed E-state index contributed by atoms with van der Waals surface area (Å²) in [5.41, 5.74) is 6.49. The van der Waals surface area contributed by atoms with Crippen LogP contribution in [0.2, 0.25) is 0 Å². The highest BCUT2D eigenvalue weighted by Gasteiger charge is 2.11. The SMILES string of the molecule is c1ccc(-c2ccc(-c3n[nH]c(-c4ccccc4NCc4ccncc4)n3)cc2)cc1. The van der Waals surface area contributed by atoms with Crippen molar-refractivity contribution in [2.75, 3.05) is 5.32 Å². The smallest absolute Gasteiger partial charge is 0.181 e. The largest absolute Gasteiger partial charge is 0.380 e. The van der Waals surface area contributed by atoms with Crippen molar-refractivity contribution in [2.24, 2.45) is 0 Å². The van der Waals surface area contributed by atoms with Gasteiger partial charge >= 0.3 is 0 Å². The van der Waals surface area contributed by atoms with E-state index in [-0.39, 0.29) is 0 Å². The number of rotatable bonds is 6. The van der Waals surface area contributed by atoms with Crippen LogP contribution in [-0.2, 0) is 6.54 Å². The summed E-state index contributed by atoms with van der Waals surface area (Å²) < 4.78 is 0. The van der Waals surface area contributed by atoms with Crippen molar-refractivity contribution >= 4 is 5.69 Å². The molecule has 2 heterocycles. The van der Waals surface area contributed by atoms with Crippen molar-refractivity contribution in [3.05, 3.63) is 109 Å². The third-order valence-electron chi connectivity index (χ3n) is 5.15. The van der Waals surface area contributed by atoms with Crippen LogP contribution in [0.25, 0.3) is 33.9 Å². The van der Waals surface area contributed by atoms with Gasteiger partial charge in [0, 0.05) is 35.8 Å². The highest BCUT2D eigenvalue weighted by molar-refractivity contribution is 5.75. The van der Waals surface area contributed by atoms with Gasteiger partial charge in [0.2, 0.25) is 0 Å². The summed E-state index contributed by atoms with van der Waals surface area (Å²) in [4.78, 5) is 8.82. The lowest BCUT2D eigenvalue weighted by Gasteiger charge is -2.10. The van der Waals surface area contributed by atoms with Crippen LogP contribution in [0.1, 0.15) is 5.56 Å². The number of H-pyrrole nitrogens is 1. The first-order chi connectivity index (χ1) is 15.4. The lowest BCUT2D eigenvalue weighted by atomic mass is 10.0. The number of nitrogens with zero attached hydrogens (tertiary/aromatic N) is 3. The molecule has 2 aromatic heterocycles. The van der Waals surface area contributed by atoms with Crippen molar-refractivity contribution in [3.63, 3.8) is 0 Å². The second-order valence-electron chi connectivity index (χ2n) is 7.21. The van der Waals surface area contributed by atoms with Crippen LogP contribution in [0.15, 0.2) is 103 Å². The number of hydrogen-bond donors (Lipinski definition) is 2. The second kappa shape index (κ2) is 8.63. The van der Waals surface area contributed by atoms with Gasteiger partial charge in [-0.1, -0.05) is 66.7 Å². The molecule has 5 aromatic rings. The zero-order valence-corrected chi connectivity index (χ0v) is 16.9. The van der Waals surface area contributed by atoms with Crippen LogP contribution in [0.3, 0.4) is 0 Å². The summed E-state index contributed by atoms with van der Waals surface area (Å²) in [6.07, 6.45) is 3.60. The number of anilines is 1. The molecule has 0 aliphatic carbocycles. The Morgan fingerprint density at radius 2 is 1.35 bits per heavy atom. The number of pyridine rings is 1. The van der Waals surface area contributed by atoms with Gasteiger partial charge in [-0.15, -0.1) is 0 Å². The molecule has 0 fully saturated rings. The van der Waals surface area contributed by atoms with Crippen molar-refractivity contribution in [1.29, 1.82) is 0 Å². The van der Waals surface area contributed by atoms with E-state index in [0.717, 1.165) is 22.6 Å². The Bertz CT molecular complexity index is 1260. The molecule has 0 spiro atoms. The number of aromatic amines is 1. The van der Waals surface area contributed by atoms with Crippen LogP contribution < -0.4 is 5.32 Å². The molecule has 0 saturated carbocycles. The maximum absolute atomic E-state index is 4.75. The number of para-hydroxylation sites is 1. The molecule has 2 N–H and O–H groups in total. The minimum Gasteiger partial charge on any atom is -0.380 e.